The number of methoxy groups -OCH3 is 1. The molecular weight excluding hydrogens is 448 g/mol. The van der Waals surface area contributed by atoms with E-state index >= 15 is 0 Å². The van der Waals surface area contributed by atoms with Crippen LogP contribution in [-0.4, -0.2) is 67.4 Å². The number of ether oxygens (including phenoxy) is 2. The van der Waals surface area contributed by atoms with Gasteiger partial charge in [-0.2, -0.15) is 0 Å². The van der Waals surface area contributed by atoms with Crippen molar-refractivity contribution in [2.45, 2.75) is 31.8 Å². The number of rotatable bonds is 8. The molecule has 2 aromatic rings. The Morgan fingerprint density at radius 3 is 2.29 bits per heavy atom. The average Bonchev–Trinajstić information content (AvgIpc) is 3.18. The number of hydrogen-bond donors (Lipinski definition) is 2. The van der Waals surface area contributed by atoms with Crippen molar-refractivity contribution in [2.75, 3.05) is 33.4 Å². The van der Waals surface area contributed by atoms with Crippen LogP contribution in [0.3, 0.4) is 0 Å². The Labute approximate surface area is 205 Å². The van der Waals surface area contributed by atoms with Gasteiger partial charge in [-0.15, -0.1) is 0 Å². The molecule has 1 saturated heterocycles. The number of carbonyl (C=O) groups is 3. The van der Waals surface area contributed by atoms with E-state index in [4.69, 9.17) is 9.47 Å². The molecular formula is C27H32N2O6. The number of nitrogens with zero attached hydrogens (tertiary/aromatic N) is 1. The number of carboxylic acids is 1. The highest BCUT2D eigenvalue weighted by Gasteiger charge is 2.33. The third kappa shape index (κ3) is 5.65. The number of hydrogen-bond acceptors (Lipinski definition) is 5. The van der Waals surface area contributed by atoms with Gasteiger partial charge in [0.05, 0.1) is 18.4 Å². The number of nitrogens with one attached hydrogen (secondary N) is 1. The van der Waals surface area contributed by atoms with Crippen molar-refractivity contribution in [3.05, 3.63) is 59.7 Å². The Morgan fingerprint density at radius 2 is 1.69 bits per heavy atom. The molecule has 0 spiro atoms. The molecule has 0 aromatic heterocycles. The second kappa shape index (κ2) is 10.9. The molecule has 186 valence electrons. The Kier molecular flexibility index (Phi) is 7.70. The van der Waals surface area contributed by atoms with E-state index < -0.39 is 24.1 Å². The summed E-state index contributed by atoms with van der Waals surface area (Å²) in [4.78, 5) is 38.2. The first-order valence-electron chi connectivity index (χ1n) is 12.0. The van der Waals surface area contributed by atoms with Gasteiger partial charge < -0.3 is 24.8 Å². The van der Waals surface area contributed by atoms with Crippen LogP contribution in [0.15, 0.2) is 48.5 Å². The zero-order chi connectivity index (χ0) is 24.9. The number of benzene rings is 2. The van der Waals surface area contributed by atoms with E-state index in [-0.39, 0.29) is 43.9 Å². The van der Waals surface area contributed by atoms with Crippen molar-refractivity contribution in [1.29, 1.82) is 0 Å². The molecule has 3 unspecified atom stereocenters. The molecule has 1 aliphatic carbocycles. The van der Waals surface area contributed by atoms with Gasteiger partial charge >= 0.3 is 12.1 Å². The highest BCUT2D eigenvalue weighted by atomic mass is 16.5. The SMILES string of the molecule is COC(CNC(=O)OCC1c2ccccc2-c2ccccc21)CC(=O)N1CC(C)CC(C(=O)O)C1. The van der Waals surface area contributed by atoms with Gasteiger partial charge in [0.2, 0.25) is 5.91 Å². The number of carbonyl (C=O) groups excluding carboxylic acids is 2. The summed E-state index contributed by atoms with van der Waals surface area (Å²) in [6, 6.07) is 16.3. The molecule has 0 radical (unpaired) electrons. The predicted molar refractivity (Wildman–Crippen MR) is 130 cm³/mol. The number of likely N-dealkylation sites (tertiary alicyclic amines) is 1. The van der Waals surface area contributed by atoms with Crippen LogP contribution in [0.5, 0.6) is 0 Å². The van der Waals surface area contributed by atoms with Gasteiger partial charge in [-0.05, 0) is 34.6 Å². The van der Waals surface area contributed by atoms with Crippen LogP contribution in [0, 0.1) is 11.8 Å². The second-order valence-corrected chi connectivity index (χ2v) is 9.44. The maximum Gasteiger partial charge on any atom is 0.407 e. The van der Waals surface area contributed by atoms with Crippen LogP contribution in [0.1, 0.15) is 36.8 Å². The van der Waals surface area contributed by atoms with Crippen LogP contribution in [0.4, 0.5) is 4.79 Å². The minimum Gasteiger partial charge on any atom is -0.481 e. The van der Waals surface area contributed by atoms with Gasteiger partial charge in [0.25, 0.3) is 0 Å². The molecule has 2 amide bonds. The Hall–Kier alpha value is -3.39. The van der Waals surface area contributed by atoms with Gasteiger partial charge in [0.1, 0.15) is 6.61 Å². The van der Waals surface area contributed by atoms with Gasteiger partial charge in [-0.1, -0.05) is 55.5 Å². The summed E-state index contributed by atoms with van der Waals surface area (Å²) in [5, 5.41) is 12.0. The summed E-state index contributed by atoms with van der Waals surface area (Å²) in [5.41, 5.74) is 4.59. The third-order valence-corrected chi connectivity index (χ3v) is 6.92. The molecule has 0 saturated carbocycles. The van der Waals surface area contributed by atoms with E-state index in [9.17, 15) is 19.5 Å². The van der Waals surface area contributed by atoms with Crippen molar-refractivity contribution in [2.24, 2.45) is 11.8 Å². The fourth-order valence-electron chi connectivity index (χ4n) is 5.14. The van der Waals surface area contributed by atoms with Crippen LogP contribution >= 0.6 is 0 Å². The van der Waals surface area contributed by atoms with Gasteiger partial charge in [-0.25, -0.2) is 4.79 Å². The monoisotopic (exact) mass is 480 g/mol. The molecule has 0 bridgehead atoms. The highest BCUT2D eigenvalue weighted by molar-refractivity contribution is 5.80. The van der Waals surface area contributed by atoms with Crippen molar-refractivity contribution < 1.29 is 29.0 Å². The first kappa shape index (κ1) is 24.7. The lowest BCUT2D eigenvalue weighted by Gasteiger charge is -2.35. The molecule has 2 aliphatic rings. The van der Waals surface area contributed by atoms with E-state index in [0.717, 1.165) is 22.3 Å². The van der Waals surface area contributed by atoms with Gasteiger partial charge in [-0.3, -0.25) is 9.59 Å². The van der Waals surface area contributed by atoms with E-state index in [1.807, 2.05) is 31.2 Å². The van der Waals surface area contributed by atoms with E-state index in [2.05, 4.69) is 29.6 Å². The molecule has 1 aliphatic heterocycles. The molecule has 1 fully saturated rings. The van der Waals surface area contributed by atoms with E-state index in [0.29, 0.717) is 13.0 Å². The Bertz CT molecular complexity index is 1040. The summed E-state index contributed by atoms with van der Waals surface area (Å²) in [5.74, 6) is -1.52. The minimum atomic E-state index is -0.880. The number of alkyl carbamates (subject to hydrolysis) is 1. The zero-order valence-corrected chi connectivity index (χ0v) is 20.1. The average molecular weight is 481 g/mol. The molecule has 4 rings (SSSR count). The molecule has 8 nitrogen and oxygen atoms in total. The maximum atomic E-state index is 12.8. The van der Waals surface area contributed by atoms with Crippen LogP contribution in [0.25, 0.3) is 11.1 Å². The van der Waals surface area contributed by atoms with Crippen molar-refractivity contribution in [1.82, 2.24) is 10.2 Å². The fourth-order valence-corrected chi connectivity index (χ4v) is 5.14. The van der Waals surface area contributed by atoms with Crippen LogP contribution < -0.4 is 5.32 Å². The molecule has 2 N–H and O–H groups in total. The first-order chi connectivity index (χ1) is 16.9. The standard InChI is InChI=1S/C27H32N2O6/c1-17-11-18(26(31)32)15-29(14-17)25(30)12-19(34-2)13-28-27(33)35-16-24-22-9-5-3-7-20(22)21-8-4-6-10-23(21)24/h3-10,17-19,24H,11-16H2,1-2H3,(H,28,33)(H,31,32). The van der Waals surface area contributed by atoms with E-state index in [1.54, 1.807) is 4.90 Å². The number of amides is 2. The summed E-state index contributed by atoms with van der Waals surface area (Å²) in [6.07, 6.45) is -0.488. The van der Waals surface area contributed by atoms with Gasteiger partial charge in [0.15, 0.2) is 0 Å². The van der Waals surface area contributed by atoms with Crippen LogP contribution in [0.2, 0.25) is 0 Å². The summed E-state index contributed by atoms with van der Waals surface area (Å²) < 4.78 is 10.9. The normalized spacial score (nSPS) is 20.0. The Morgan fingerprint density at radius 1 is 1.06 bits per heavy atom. The smallest absolute Gasteiger partial charge is 0.407 e. The number of piperidine rings is 1. The van der Waals surface area contributed by atoms with Crippen LogP contribution in [-0.2, 0) is 19.1 Å². The maximum absolute atomic E-state index is 12.8. The van der Waals surface area contributed by atoms with E-state index in [1.165, 1.54) is 7.11 Å². The van der Waals surface area contributed by atoms with Crippen molar-refractivity contribution >= 4 is 18.0 Å². The molecule has 8 heteroatoms. The van der Waals surface area contributed by atoms with Gasteiger partial charge in [0, 0.05) is 32.7 Å². The molecule has 3 atom stereocenters. The predicted octanol–water partition coefficient (Wildman–Crippen LogP) is 3.50. The largest absolute Gasteiger partial charge is 0.481 e. The highest BCUT2D eigenvalue weighted by Crippen LogP contribution is 2.44. The molecule has 2 aromatic carbocycles. The van der Waals surface area contributed by atoms with Crippen molar-refractivity contribution in [3.8, 4) is 11.1 Å². The fraction of sp³-hybridized carbons (Fsp3) is 0.444. The lowest BCUT2D eigenvalue weighted by Crippen LogP contribution is -2.47. The lowest BCUT2D eigenvalue weighted by atomic mass is 9.90. The Balaban J connectivity index is 1.28. The molecule has 35 heavy (non-hydrogen) atoms. The number of fused-ring (bicyclic) bond motifs is 3. The first-order valence-corrected chi connectivity index (χ1v) is 12.0. The molecule has 1 heterocycles. The minimum absolute atomic E-state index is 0.0313. The summed E-state index contributed by atoms with van der Waals surface area (Å²) in [6.45, 7) is 3.00. The number of carboxylic acid groups (broad SMARTS) is 1. The summed E-state index contributed by atoms with van der Waals surface area (Å²) in [7, 11) is 1.48. The second-order valence-electron chi connectivity index (χ2n) is 9.44. The topological polar surface area (TPSA) is 105 Å². The lowest BCUT2D eigenvalue weighted by molar-refractivity contribution is -0.147. The number of aliphatic carboxylic acids is 1. The third-order valence-electron chi connectivity index (χ3n) is 6.92. The quantitative estimate of drug-likeness (QED) is 0.599. The zero-order valence-electron chi connectivity index (χ0n) is 20.1. The van der Waals surface area contributed by atoms with Crippen molar-refractivity contribution in [3.63, 3.8) is 0 Å². The summed E-state index contributed by atoms with van der Waals surface area (Å²) >= 11 is 0.